The van der Waals surface area contributed by atoms with Gasteiger partial charge in [-0.3, -0.25) is 4.79 Å². The second kappa shape index (κ2) is 8.33. The number of ketones is 1. The van der Waals surface area contributed by atoms with Gasteiger partial charge < -0.3 is 15.4 Å². The van der Waals surface area contributed by atoms with Gasteiger partial charge in [0.15, 0.2) is 5.78 Å². The maximum atomic E-state index is 11.9. The molecule has 0 aliphatic carbocycles. The monoisotopic (exact) mass is 340 g/mol. The zero-order valence-electron chi connectivity index (χ0n) is 15.1. The van der Waals surface area contributed by atoms with Crippen molar-refractivity contribution in [1.82, 2.24) is 5.32 Å². The zero-order valence-corrected chi connectivity index (χ0v) is 15.1. The van der Waals surface area contributed by atoms with Crippen LogP contribution in [0.3, 0.4) is 0 Å². The highest BCUT2D eigenvalue weighted by Crippen LogP contribution is 2.24. The summed E-state index contributed by atoms with van der Waals surface area (Å²) in [6.45, 7) is 8.37. The molecule has 0 aliphatic rings. The van der Waals surface area contributed by atoms with Crippen LogP contribution in [0.15, 0.2) is 36.4 Å². The molecule has 0 atom stereocenters. The van der Waals surface area contributed by atoms with E-state index in [-0.39, 0.29) is 11.8 Å². The number of aryl methyl sites for hydroxylation is 3. The molecule has 0 unspecified atom stereocenters. The summed E-state index contributed by atoms with van der Waals surface area (Å²) in [5.74, 6) is 0.863. The Hall–Kier alpha value is -2.82. The van der Waals surface area contributed by atoms with Gasteiger partial charge in [-0.25, -0.2) is 4.79 Å². The Balaban J connectivity index is 1.78. The van der Waals surface area contributed by atoms with E-state index in [4.69, 9.17) is 4.74 Å². The minimum absolute atomic E-state index is 0.00478. The number of amides is 2. The van der Waals surface area contributed by atoms with Crippen LogP contribution in [0.1, 0.15) is 34.0 Å². The van der Waals surface area contributed by atoms with Crippen LogP contribution in [0, 0.1) is 20.8 Å². The van der Waals surface area contributed by atoms with Gasteiger partial charge in [0.25, 0.3) is 0 Å². The number of ether oxygens (including phenoxy) is 1. The number of Topliss-reactive ketones (excluding diaryl/α,β-unsaturated/α-hetero) is 1. The van der Waals surface area contributed by atoms with E-state index in [0.717, 1.165) is 16.9 Å². The fraction of sp³-hybridized carbons (Fsp3) is 0.300. The molecule has 2 aromatic rings. The predicted octanol–water partition coefficient (Wildman–Crippen LogP) is 4.01. The Morgan fingerprint density at radius 3 is 2.16 bits per heavy atom. The maximum Gasteiger partial charge on any atom is 0.319 e. The molecule has 25 heavy (non-hydrogen) atoms. The highest BCUT2D eigenvalue weighted by molar-refractivity contribution is 5.95. The third-order valence-corrected chi connectivity index (χ3v) is 3.79. The molecule has 0 saturated carbocycles. The number of hydrogen-bond donors (Lipinski definition) is 2. The fourth-order valence-corrected chi connectivity index (χ4v) is 2.68. The van der Waals surface area contributed by atoms with E-state index in [1.54, 1.807) is 24.3 Å². The fourth-order valence-electron chi connectivity index (χ4n) is 2.68. The first-order chi connectivity index (χ1) is 11.9. The van der Waals surface area contributed by atoms with Crippen LogP contribution in [0.4, 0.5) is 10.5 Å². The summed E-state index contributed by atoms with van der Waals surface area (Å²) in [5.41, 5.74) is 4.63. The molecule has 0 spiro atoms. The maximum absolute atomic E-state index is 11.9. The van der Waals surface area contributed by atoms with Gasteiger partial charge in [-0.2, -0.15) is 0 Å². The second-order valence-corrected chi connectivity index (χ2v) is 6.09. The first kappa shape index (κ1) is 18.5. The Kier molecular flexibility index (Phi) is 6.17. The summed E-state index contributed by atoms with van der Waals surface area (Å²) in [4.78, 5) is 23.1. The number of carbonyl (C=O) groups is 2. The van der Waals surface area contributed by atoms with E-state index in [1.807, 2.05) is 13.8 Å². The van der Waals surface area contributed by atoms with Crippen molar-refractivity contribution >= 4 is 17.5 Å². The topological polar surface area (TPSA) is 67.4 Å². The van der Waals surface area contributed by atoms with Crippen molar-refractivity contribution < 1.29 is 14.3 Å². The molecule has 0 aromatic heterocycles. The minimum Gasteiger partial charge on any atom is -0.491 e. The largest absolute Gasteiger partial charge is 0.491 e. The molecule has 0 radical (unpaired) electrons. The SMILES string of the molecule is CC(=O)c1ccc(NC(=O)NCCOc2c(C)cc(C)cc2C)cc1. The molecule has 2 rings (SSSR count). The highest BCUT2D eigenvalue weighted by Gasteiger charge is 2.06. The van der Waals surface area contributed by atoms with E-state index in [1.165, 1.54) is 12.5 Å². The molecule has 0 bridgehead atoms. The molecule has 0 fully saturated rings. The smallest absolute Gasteiger partial charge is 0.319 e. The summed E-state index contributed by atoms with van der Waals surface area (Å²) in [6, 6.07) is 10.6. The third kappa shape index (κ3) is 5.35. The molecule has 2 aromatic carbocycles. The van der Waals surface area contributed by atoms with Gasteiger partial charge in [0.2, 0.25) is 0 Å². The average molecular weight is 340 g/mol. The van der Waals surface area contributed by atoms with Gasteiger partial charge >= 0.3 is 6.03 Å². The molecule has 0 heterocycles. The van der Waals surface area contributed by atoms with Crippen LogP contribution in [-0.4, -0.2) is 25.0 Å². The van der Waals surface area contributed by atoms with Crippen LogP contribution >= 0.6 is 0 Å². The summed E-state index contributed by atoms with van der Waals surface area (Å²) >= 11 is 0. The summed E-state index contributed by atoms with van der Waals surface area (Å²) in [5, 5.41) is 5.47. The number of urea groups is 1. The van der Waals surface area contributed by atoms with Crippen LogP contribution in [0.2, 0.25) is 0 Å². The van der Waals surface area contributed by atoms with Crippen molar-refractivity contribution in [2.75, 3.05) is 18.5 Å². The van der Waals surface area contributed by atoms with Crippen molar-refractivity contribution in [2.24, 2.45) is 0 Å². The number of carbonyl (C=O) groups excluding carboxylic acids is 2. The third-order valence-electron chi connectivity index (χ3n) is 3.79. The van der Waals surface area contributed by atoms with Crippen molar-refractivity contribution in [2.45, 2.75) is 27.7 Å². The van der Waals surface area contributed by atoms with E-state index >= 15 is 0 Å². The lowest BCUT2D eigenvalue weighted by molar-refractivity contribution is 0.101. The average Bonchev–Trinajstić information content (AvgIpc) is 2.53. The van der Waals surface area contributed by atoms with Crippen LogP contribution < -0.4 is 15.4 Å². The number of nitrogens with one attached hydrogen (secondary N) is 2. The molecule has 0 saturated heterocycles. The number of rotatable bonds is 6. The number of anilines is 1. The summed E-state index contributed by atoms with van der Waals surface area (Å²) in [6.07, 6.45) is 0. The van der Waals surface area contributed by atoms with Crippen LogP contribution in [0.25, 0.3) is 0 Å². The number of benzene rings is 2. The van der Waals surface area contributed by atoms with Crippen LogP contribution in [-0.2, 0) is 0 Å². The standard InChI is InChI=1S/C20H24N2O3/c1-13-11-14(2)19(15(3)12-13)25-10-9-21-20(24)22-18-7-5-17(6-8-18)16(4)23/h5-8,11-12H,9-10H2,1-4H3,(H2,21,22,24). The van der Waals surface area contributed by atoms with Gasteiger partial charge in [-0.05, 0) is 63.1 Å². The van der Waals surface area contributed by atoms with Crippen molar-refractivity contribution in [1.29, 1.82) is 0 Å². The van der Waals surface area contributed by atoms with Gasteiger partial charge in [-0.1, -0.05) is 17.7 Å². The van der Waals surface area contributed by atoms with Crippen molar-refractivity contribution in [3.63, 3.8) is 0 Å². The van der Waals surface area contributed by atoms with Gasteiger partial charge in [0.05, 0.1) is 6.54 Å². The van der Waals surface area contributed by atoms with E-state index in [2.05, 4.69) is 29.7 Å². The molecule has 0 aliphatic heterocycles. The lowest BCUT2D eigenvalue weighted by Gasteiger charge is -2.14. The Labute approximate surface area is 148 Å². The van der Waals surface area contributed by atoms with Crippen LogP contribution in [0.5, 0.6) is 5.75 Å². The molecular weight excluding hydrogens is 316 g/mol. The Morgan fingerprint density at radius 1 is 1.00 bits per heavy atom. The zero-order chi connectivity index (χ0) is 18.4. The molecule has 132 valence electrons. The molecule has 5 heteroatoms. The van der Waals surface area contributed by atoms with Gasteiger partial charge in [0.1, 0.15) is 12.4 Å². The molecule has 2 amide bonds. The predicted molar refractivity (Wildman–Crippen MR) is 99.6 cm³/mol. The van der Waals surface area contributed by atoms with E-state index < -0.39 is 0 Å². The quantitative estimate of drug-likeness (QED) is 0.616. The van der Waals surface area contributed by atoms with E-state index in [9.17, 15) is 9.59 Å². The summed E-state index contributed by atoms with van der Waals surface area (Å²) < 4.78 is 5.79. The van der Waals surface area contributed by atoms with Gasteiger partial charge in [-0.15, -0.1) is 0 Å². The Bertz CT molecular complexity index is 744. The van der Waals surface area contributed by atoms with E-state index in [0.29, 0.717) is 24.4 Å². The van der Waals surface area contributed by atoms with Crippen molar-refractivity contribution in [3.8, 4) is 5.75 Å². The first-order valence-electron chi connectivity index (χ1n) is 8.23. The molecular formula is C20H24N2O3. The summed E-state index contributed by atoms with van der Waals surface area (Å²) in [7, 11) is 0. The normalized spacial score (nSPS) is 10.2. The van der Waals surface area contributed by atoms with Crippen molar-refractivity contribution in [3.05, 3.63) is 58.7 Å². The minimum atomic E-state index is -0.309. The Morgan fingerprint density at radius 2 is 1.60 bits per heavy atom. The second-order valence-electron chi connectivity index (χ2n) is 6.09. The lowest BCUT2D eigenvalue weighted by Crippen LogP contribution is -2.32. The first-order valence-corrected chi connectivity index (χ1v) is 8.23. The highest BCUT2D eigenvalue weighted by atomic mass is 16.5. The lowest BCUT2D eigenvalue weighted by atomic mass is 10.1. The number of hydrogen-bond acceptors (Lipinski definition) is 3. The van der Waals surface area contributed by atoms with Gasteiger partial charge in [0, 0.05) is 11.3 Å². The molecule has 5 nitrogen and oxygen atoms in total. The molecule has 2 N–H and O–H groups in total.